The Hall–Kier alpha value is -8.28. The Morgan fingerprint density at radius 2 is 0.803 bits per heavy atom. The highest BCUT2D eigenvalue weighted by molar-refractivity contribution is 6.22. The van der Waals surface area contributed by atoms with Gasteiger partial charge in [0.2, 0.25) is 0 Å². The number of anilines is 2. The topological polar surface area (TPSA) is 74.5 Å². The second-order valence-corrected chi connectivity index (χ2v) is 14.9. The Labute approximate surface area is 355 Å². The first-order chi connectivity index (χ1) is 30.1. The molecule has 10 aromatic rings. The summed E-state index contributed by atoms with van der Waals surface area (Å²) in [6.07, 6.45) is 0. The van der Waals surface area contributed by atoms with Crippen LogP contribution in [0.4, 0.5) is 11.4 Å². The Bertz CT molecular complexity index is 3150. The van der Waals surface area contributed by atoms with Gasteiger partial charge in [-0.15, -0.1) is 0 Å². The number of fused-ring (bicyclic) bond motifs is 1. The zero-order valence-electron chi connectivity index (χ0n) is 33.2. The number of nitrogens with zero attached hydrogens (tertiary/aromatic N) is 3. The maximum Gasteiger partial charge on any atom is 0.164 e. The molecule has 0 bridgehead atoms. The lowest BCUT2D eigenvalue weighted by atomic mass is 9.87. The van der Waals surface area contributed by atoms with E-state index >= 15 is 0 Å². The van der Waals surface area contributed by atoms with Crippen LogP contribution in [0.1, 0.15) is 11.1 Å². The van der Waals surface area contributed by atoms with E-state index in [0.717, 1.165) is 83.3 Å². The second-order valence-electron chi connectivity index (χ2n) is 14.9. The third-order valence-corrected chi connectivity index (χ3v) is 10.9. The number of benzene rings is 9. The first-order valence-electron chi connectivity index (χ1n) is 20.4. The third kappa shape index (κ3) is 7.72. The highest BCUT2D eigenvalue weighted by Gasteiger charge is 2.21. The van der Waals surface area contributed by atoms with Crippen LogP contribution in [0.25, 0.3) is 78.3 Å². The maximum absolute atomic E-state index is 9.74. The first-order valence-corrected chi connectivity index (χ1v) is 20.4. The number of nitrogens with one attached hydrogen (secondary N) is 2. The van der Waals surface area contributed by atoms with Gasteiger partial charge in [0.15, 0.2) is 17.5 Å². The fourth-order valence-corrected chi connectivity index (χ4v) is 7.88. The van der Waals surface area contributed by atoms with Crippen molar-refractivity contribution in [2.75, 3.05) is 5.32 Å². The smallest absolute Gasteiger partial charge is 0.164 e. The zero-order valence-corrected chi connectivity index (χ0v) is 33.2. The van der Waals surface area contributed by atoms with Crippen molar-refractivity contribution in [1.82, 2.24) is 15.0 Å². The molecule has 0 aliphatic carbocycles. The summed E-state index contributed by atoms with van der Waals surface area (Å²) in [5, 5.41) is 15.6. The first kappa shape index (κ1) is 37.0. The Balaban J connectivity index is 1.13. The Morgan fingerprint density at radius 1 is 0.361 bits per heavy atom. The molecule has 288 valence electrons. The van der Waals surface area contributed by atoms with E-state index in [1.54, 1.807) is 0 Å². The molecule has 5 heteroatoms. The van der Waals surface area contributed by atoms with E-state index < -0.39 is 0 Å². The number of hydrogen-bond donors (Lipinski definition) is 2. The maximum atomic E-state index is 9.74. The molecule has 9 aromatic carbocycles. The predicted molar refractivity (Wildman–Crippen MR) is 252 cm³/mol. The molecule has 0 radical (unpaired) electrons. The van der Waals surface area contributed by atoms with Gasteiger partial charge in [-0.2, -0.15) is 0 Å². The van der Waals surface area contributed by atoms with E-state index in [9.17, 15) is 5.41 Å². The van der Waals surface area contributed by atoms with Crippen LogP contribution in [-0.4, -0.2) is 20.7 Å². The zero-order chi connectivity index (χ0) is 41.0. The fourth-order valence-electron chi connectivity index (χ4n) is 7.88. The average molecular weight is 782 g/mol. The number of hydrogen-bond acceptors (Lipinski definition) is 5. The van der Waals surface area contributed by atoms with Crippen LogP contribution in [0, 0.1) is 5.41 Å². The van der Waals surface area contributed by atoms with Gasteiger partial charge in [0.1, 0.15) is 0 Å². The molecule has 0 aliphatic rings. The van der Waals surface area contributed by atoms with Crippen molar-refractivity contribution in [1.29, 1.82) is 5.41 Å². The number of rotatable bonds is 10. The molecule has 1 aromatic heterocycles. The highest BCUT2D eigenvalue weighted by Crippen LogP contribution is 2.41. The van der Waals surface area contributed by atoms with Crippen LogP contribution >= 0.6 is 0 Å². The van der Waals surface area contributed by atoms with E-state index in [1.807, 2.05) is 91.0 Å². The van der Waals surface area contributed by atoms with Gasteiger partial charge < -0.3 is 5.32 Å². The highest BCUT2D eigenvalue weighted by atomic mass is 15.0. The molecular weight excluding hydrogens is 743 g/mol. The van der Waals surface area contributed by atoms with E-state index in [4.69, 9.17) is 15.0 Å². The summed E-state index contributed by atoms with van der Waals surface area (Å²) < 4.78 is 0. The summed E-state index contributed by atoms with van der Waals surface area (Å²) in [4.78, 5) is 15.2. The lowest BCUT2D eigenvalue weighted by Gasteiger charge is -2.21. The van der Waals surface area contributed by atoms with Crippen LogP contribution in [0.15, 0.2) is 224 Å². The van der Waals surface area contributed by atoms with E-state index in [2.05, 4.69) is 139 Å². The lowest BCUT2D eigenvalue weighted by molar-refractivity contribution is 1.07. The van der Waals surface area contributed by atoms with Gasteiger partial charge in [0, 0.05) is 38.9 Å². The van der Waals surface area contributed by atoms with Gasteiger partial charge in [-0.25, -0.2) is 15.0 Å². The van der Waals surface area contributed by atoms with Crippen molar-refractivity contribution >= 4 is 27.9 Å². The fraction of sp³-hybridized carbons (Fsp3) is 0. The summed E-state index contributed by atoms with van der Waals surface area (Å²) in [6.45, 7) is 0. The van der Waals surface area contributed by atoms with Gasteiger partial charge in [-0.3, -0.25) is 5.41 Å². The van der Waals surface area contributed by atoms with Crippen molar-refractivity contribution in [3.63, 3.8) is 0 Å². The normalized spacial score (nSPS) is 11.0. The van der Waals surface area contributed by atoms with Crippen molar-refractivity contribution in [3.8, 4) is 67.5 Å². The van der Waals surface area contributed by atoms with Crippen molar-refractivity contribution in [2.24, 2.45) is 0 Å². The Morgan fingerprint density at radius 3 is 1.39 bits per heavy atom. The minimum atomic E-state index is 0.446. The molecule has 2 N–H and O–H groups in total. The minimum Gasteiger partial charge on any atom is -0.354 e. The minimum absolute atomic E-state index is 0.446. The average Bonchev–Trinajstić information content (AvgIpc) is 3.35. The summed E-state index contributed by atoms with van der Waals surface area (Å²) >= 11 is 0. The van der Waals surface area contributed by atoms with Crippen molar-refractivity contribution in [3.05, 3.63) is 236 Å². The molecule has 0 atom stereocenters. The van der Waals surface area contributed by atoms with Gasteiger partial charge in [-0.1, -0.05) is 188 Å². The molecule has 1 heterocycles. The molecule has 0 amide bonds. The van der Waals surface area contributed by atoms with Crippen LogP contribution in [0.5, 0.6) is 0 Å². The van der Waals surface area contributed by atoms with E-state index in [-0.39, 0.29) is 0 Å². The second kappa shape index (κ2) is 16.5. The van der Waals surface area contributed by atoms with Crippen LogP contribution in [0.2, 0.25) is 0 Å². The molecule has 0 spiro atoms. The SMILES string of the molecule is N=C(c1ccccc1)c1c(-c2ccccc2)cc2ccc(-c3cccc(-c4nc(-c5ccccc5)nc(-c5cccc(-c6ccccc6)c5)n4)c3)cc2c1Nc1ccccc1. The van der Waals surface area contributed by atoms with Gasteiger partial charge in [0.05, 0.1) is 11.4 Å². The summed E-state index contributed by atoms with van der Waals surface area (Å²) in [7, 11) is 0. The van der Waals surface area contributed by atoms with E-state index in [1.165, 1.54) is 0 Å². The van der Waals surface area contributed by atoms with Gasteiger partial charge in [0.25, 0.3) is 0 Å². The molecule has 5 nitrogen and oxygen atoms in total. The largest absolute Gasteiger partial charge is 0.354 e. The molecule has 0 saturated carbocycles. The molecule has 61 heavy (non-hydrogen) atoms. The summed E-state index contributed by atoms with van der Waals surface area (Å²) in [5.41, 5.74) is 13.0. The van der Waals surface area contributed by atoms with Crippen LogP contribution < -0.4 is 5.32 Å². The van der Waals surface area contributed by atoms with Gasteiger partial charge >= 0.3 is 0 Å². The molecule has 0 aliphatic heterocycles. The molecule has 0 unspecified atom stereocenters. The quantitative estimate of drug-likeness (QED) is 0.136. The Kier molecular flexibility index (Phi) is 10.0. The summed E-state index contributed by atoms with van der Waals surface area (Å²) in [5.74, 6) is 1.81. The molecule has 0 saturated heterocycles. The molecular formula is C56H39N5. The van der Waals surface area contributed by atoms with Crippen LogP contribution in [-0.2, 0) is 0 Å². The van der Waals surface area contributed by atoms with Crippen molar-refractivity contribution < 1.29 is 0 Å². The summed E-state index contributed by atoms with van der Waals surface area (Å²) in [6, 6.07) is 76.6. The number of para-hydroxylation sites is 1. The van der Waals surface area contributed by atoms with Crippen LogP contribution in [0.3, 0.4) is 0 Å². The molecule has 0 fully saturated rings. The van der Waals surface area contributed by atoms with E-state index in [0.29, 0.717) is 23.2 Å². The monoisotopic (exact) mass is 781 g/mol. The van der Waals surface area contributed by atoms with Crippen molar-refractivity contribution in [2.45, 2.75) is 0 Å². The van der Waals surface area contributed by atoms with Gasteiger partial charge in [-0.05, 0) is 75.2 Å². The predicted octanol–water partition coefficient (Wildman–Crippen LogP) is 14.2. The lowest BCUT2D eigenvalue weighted by Crippen LogP contribution is -2.09. The molecule has 10 rings (SSSR count). The third-order valence-electron chi connectivity index (χ3n) is 10.9. The standard InChI is InChI=1S/C56H39N5/c57-52(40-22-10-3-11-23-40)51-49(39-20-8-2-9-21-39)37-45-33-32-44(36-50(45)53(51)58-48-30-14-5-15-31-48)43-27-17-29-47(35-43)56-60-54(41-24-12-4-13-25-41)59-55(61-56)46-28-16-26-42(34-46)38-18-6-1-7-19-38/h1-37,57-58H. The number of aromatic nitrogens is 3.